The van der Waals surface area contributed by atoms with Gasteiger partial charge in [0.05, 0.1) is 27.6 Å². The fourth-order valence-electron chi connectivity index (χ4n) is 2.94. The number of carbonyl (C=O) groups excluding carboxylic acids is 1. The van der Waals surface area contributed by atoms with Gasteiger partial charge in [-0.3, -0.25) is 19.6 Å². The summed E-state index contributed by atoms with van der Waals surface area (Å²) in [6.07, 6.45) is -2.57. The van der Waals surface area contributed by atoms with Gasteiger partial charge in [0, 0.05) is 12.3 Å². The summed E-state index contributed by atoms with van der Waals surface area (Å²) in [6.45, 7) is 0. The highest BCUT2D eigenvalue weighted by Gasteiger charge is 2.37. The summed E-state index contributed by atoms with van der Waals surface area (Å²) in [5.74, 6) is -2.77. The maximum absolute atomic E-state index is 13.4. The molecule has 3 aromatic heterocycles. The van der Waals surface area contributed by atoms with Crippen molar-refractivity contribution in [1.29, 1.82) is 0 Å². The molecule has 36 heavy (non-hydrogen) atoms. The van der Waals surface area contributed by atoms with E-state index in [1.807, 2.05) is 0 Å². The Morgan fingerprint density at radius 2 is 1.75 bits per heavy atom. The van der Waals surface area contributed by atoms with Gasteiger partial charge in [-0.1, -0.05) is 29.3 Å². The first kappa shape index (κ1) is 24.8. The molecule has 11 nitrogen and oxygen atoms in total. The molecule has 0 unspecified atom stereocenters. The van der Waals surface area contributed by atoms with Crippen LogP contribution in [0.25, 0.3) is 17.2 Å². The Bertz CT molecular complexity index is 1500. The number of hydrazone groups is 1. The molecule has 3 heterocycles. The summed E-state index contributed by atoms with van der Waals surface area (Å²) in [4.78, 5) is 23.4. The molecule has 4 aromatic rings. The van der Waals surface area contributed by atoms with E-state index < -0.39 is 23.6 Å². The third-order valence-electron chi connectivity index (χ3n) is 4.52. The maximum Gasteiger partial charge on any atom is 0.450 e. The number of halogens is 5. The molecule has 0 saturated carbocycles. The van der Waals surface area contributed by atoms with Gasteiger partial charge < -0.3 is 11.5 Å². The summed E-state index contributed by atoms with van der Waals surface area (Å²) in [5, 5.41) is 11.8. The normalized spacial score (nSPS) is 12.7. The van der Waals surface area contributed by atoms with Gasteiger partial charge in [-0.25, -0.2) is 9.98 Å². The minimum absolute atomic E-state index is 0.0531. The van der Waals surface area contributed by atoms with Crippen molar-refractivity contribution in [2.45, 2.75) is 6.18 Å². The number of alkyl halides is 3. The number of rotatable bonds is 6. The van der Waals surface area contributed by atoms with Crippen molar-refractivity contribution in [3.8, 4) is 11.5 Å². The molecule has 0 fully saturated rings. The number of para-hydroxylation sites is 1. The van der Waals surface area contributed by atoms with E-state index in [4.69, 9.17) is 34.7 Å². The fourth-order valence-corrected chi connectivity index (χ4v) is 3.42. The van der Waals surface area contributed by atoms with Crippen LogP contribution in [-0.4, -0.2) is 42.0 Å². The highest BCUT2D eigenvalue weighted by molar-refractivity contribution is 6.66. The summed E-state index contributed by atoms with van der Waals surface area (Å²) >= 11 is 12.1. The first-order valence-corrected chi connectivity index (χ1v) is 10.5. The Kier molecular flexibility index (Phi) is 6.72. The van der Waals surface area contributed by atoms with Crippen LogP contribution in [-0.2, 0) is 11.0 Å². The van der Waals surface area contributed by atoms with Gasteiger partial charge in [0.25, 0.3) is 5.91 Å². The highest BCUT2D eigenvalue weighted by Crippen LogP contribution is 2.31. The lowest BCUT2D eigenvalue weighted by molar-refractivity contribution is -0.145. The molecule has 4 rings (SSSR count). The minimum Gasteiger partial charge on any atom is -0.382 e. The van der Waals surface area contributed by atoms with Gasteiger partial charge in [0.15, 0.2) is 23.0 Å². The standard InChI is InChI=1S/C20H13Cl2F3N10O/c21-10-2-1-3-11(22)14(10)32-33-15(17(27)36)16(26)30-9-4-5-12(29-8-9)18-34-31-13-6-7-28-19(35(13)18)20(23,24)25/h1-8,32H,(H2,26,30)(H2,27,36)/b33-15+. The number of aromatic nitrogens is 5. The Labute approximate surface area is 209 Å². The van der Waals surface area contributed by atoms with Crippen LogP contribution in [0.3, 0.4) is 0 Å². The lowest BCUT2D eigenvalue weighted by Gasteiger charge is -2.09. The second-order valence-electron chi connectivity index (χ2n) is 6.92. The molecule has 1 aromatic carbocycles. The number of nitrogens with zero attached hydrogens (tertiary/aromatic N) is 7. The third kappa shape index (κ3) is 5.04. The average Bonchev–Trinajstić information content (AvgIpc) is 3.25. The van der Waals surface area contributed by atoms with E-state index >= 15 is 0 Å². The molecule has 0 atom stereocenters. The van der Waals surface area contributed by atoms with E-state index in [9.17, 15) is 18.0 Å². The Balaban J connectivity index is 1.64. The molecule has 0 saturated heterocycles. The molecule has 0 aliphatic carbocycles. The number of carbonyl (C=O) groups is 1. The van der Waals surface area contributed by atoms with E-state index in [0.717, 1.165) is 10.6 Å². The van der Waals surface area contributed by atoms with Crippen LogP contribution in [0.5, 0.6) is 0 Å². The number of hydrogen-bond donors (Lipinski definition) is 3. The zero-order chi connectivity index (χ0) is 26.0. The monoisotopic (exact) mass is 536 g/mol. The number of amidine groups is 1. The topological polar surface area (TPSA) is 162 Å². The van der Waals surface area contributed by atoms with Crippen molar-refractivity contribution in [1.82, 2.24) is 24.6 Å². The third-order valence-corrected chi connectivity index (χ3v) is 5.15. The minimum atomic E-state index is -4.75. The van der Waals surface area contributed by atoms with E-state index in [2.05, 4.69) is 35.7 Å². The van der Waals surface area contributed by atoms with Crippen LogP contribution in [0.2, 0.25) is 10.0 Å². The summed E-state index contributed by atoms with van der Waals surface area (Å²) < 4.78 is 40.9. The SMILES string of the molecule is NC(=O)/C(=N/Nc1c(Cl)cccc1Cl)C(N)=Nc1ccc(-c2nnc3ccnc(C(F)(F)F)n23)nc1. The molecular weight excluding hydrogens is 524 g/mol. The number of nitrogens with one attached hydrogen (secondary N) is 1. The van der Waals surface area contributed by atoms with Crippen LogP contribution < -0.4 is 16.9 Å². The van der Waals surface area contributed by atoms with Crippen LogP contribution >= 0.6 is 23.2 Å². The van der Waals surface area contributed by atoms with Crippen LogP contribution in [0, 0.1) is 0 Å². The van der Waals surface area contributed by atoms with Gasteiger partial charge in [-0.15, -0.1) is 10.2 Å². The number of benzene rings is 1. The highest BCUT2D eigenvalue weighted by atomic mass is 35.5. The number of nitrogens with two attached hydrogens (primary N) is 2. The van der Waals surface area contributed by atoms with Gasteiger partial charge in [0.1, 0.15) is 5.69 Å². The van der Waals surface area contributed by atoms with E-state index in [-0.39, 0.29) is 44.4 Å². The summed E-state index contributed by atoms with van der Waals surface area (Å²) in [6, 6.07) is 8.72. The molecule has 184 valence electrons. The van der Waals surface area contributed by atoms with Gasteiger partial charge in [0.2, 0.25) is 5.82 Å². The second kappa shape index (κ2) is 9.75. The molecule has 0 radical (unpaired) electrons. The number of hydrogen-bond acceptors (Lipinski definition) is 8. The molecule has 0 spiro atoms. The van der Waals surface area contributed by atoms with E-state index in [0.29, 0.717) is 0 Å². The molecule has 0 bridgehead atoms. The largest absolute Gasteiger partial charge is 0.450 e. The lowest BCUT2D eigenvalue weighted by atomic mass is 10.3. The van der Waals surface area contributed by atoms with Gasteiger partial charge >= 0.3 is 6.18 Å². The zero-order valence-electron chi connectivity index (χ0n) is 17.7. The second-order valence-corrected chi connectivity index (χ2v) is 7.73. The predicted molar refractivity (Wildman–Crippen MR) is 127 cm³/mol. The molecule has 0 aliphatic heterocycles. The van der Waals surface area contributed by atoms with Crippen LogP contribution in [0.4, 0.5) is 24.5 Å². The van der Waals surface area contributed by atoms with E-state index in [1.165, 1.54) is 24.4 Å². The first-order chi connectivity index (χ1) is 17.1. The van der Waals surface area contributed by atoms with Crippen molar-refractivity contribution >= 4 is 57.7 Å². The maximum atomic E-state index is 13.4. The smallest absolute Gasteiger partial charge is 0.382 e. The predicted octanol–water partition coefficient (Wildman–Crippen LogP) is 3.45. The number of primary amides is 1. The molecule has 16 heteroatoms. The number of pyridine rings is 1. The van der Waals surface area contributed by atoms with E-state index in [1.54, 1.807) is 18.2 Å². The lowest BCUT2D eigenvalue weighted by Crippen LogP contribution is -2.36. The molecule has 0 aliphatic rings. The Hall–Kier alpha value is -4.30. The number of anilines is 1. The van der Waals surface area contributed by atoms with Crippen LogP contribution in [0.15, 0.2) is 58.9 Å². The average molecular weight is 537 g/mol. The first-order valence-electron chi connectivity index (χ1n) is 9.72. The fraction of sp³-hybridized carbons (Fsp3) is 0.0500. The van der Waals surface area contributed by atoms with Crippen molar-refractivity contribution in [3.63, 3.8) is 0 Å². The number of amides is 1. The van der Waals surface area contributed by atoms with Gasteiger partial charge in [-0.05, 0) is 24.3 Å². The Morgan fingerprint density at radius 1 is 1.03 bits per heavy atom. The van der Waals surface area contributed by atoms with Crippen molar-refractivity contribution in [2.24, 2.45) is 21.6 Å². The van der Waals surface area contributed by atoms with Crippen molar-refractivity contribution in [2.75, 3.05) is 5.43 Å². The van der Waals surface area contributed by atoms with Crippen molar-refractivity contribution in [3.05, 3.63) is 64.7 Å². The molecule has 5 N–H and O–H groups in total. The Morgan fingerprint density at radius 3 is 2.36 bits per heavy atom. The van der Waals surface area contributed by atoms with Crippen LogP contribution in [0.1, 0.15) is 5.82 Å². The van der Waals surface area contributed by atoms with Crippen molar-refractivity contribution < 1.29 is 18.0 Å². The zero-order valence-corrected chi connectivity index (χ0v) is 19.2. The molecule has 1 amide bonds. The summed E-state index contributed by atoms with van der Waals surface area (Å²) in [7, 11) is 0. The molecular formula is C20H13Cl2F3N10O. The number of fused-ring (bicyclic) bond motifs is 1. The quantitative estimate of drug-likeness (QED) is 0.193. The number of aliphatic imine (C=N–C) groups is 1. The summed E-state index contributed by atoms with van der Waals surface area (Å²) in [5.41, 5.74) is 13.7. The van der Waals surface area contributed by atoms with Gasteiger partial charge in [-0.2, -0.15) is 18.3 Å².